The first-order valence-corrected chi connectivity index (χ1v) is 7.09. The third-order valence-electron chi connectivity index (χ3n) is 2.92. The molecule has 0 unspecified atom stereocenters. The van der Waals surface area contributed by atoms with Gasteiger partial charge in [0.05, 0.1) is 4.92 Å². The molecule has 0 bridgehead atoms. The molecule has 0 aliphatic heterocycles. The molecule has 0 spiro atoms. The minimum absolute atomic E-state index is 0.0489. The highest BCUT2D eigenvalue weighted by Crippen LogP contribution is 2.40. The number of anilines is 2. The number of hydrogen-bond donors (Lipinski definition) is 1. The number of benzene rings is 2. The summed E-state index contributed by atoms with van der Waals surface area (Å²) in [6.45, 7) is 0. The van der Waals surface area contributed by atoms with E-state index in [-0.39, 0.29) is 26.6 Å². The van der Waals surface area contributed by atoms with Crippen molar-refractivity contribution in [1.82, 2.24) is 5.16 Å². The van der Waals surface area contributed by atoms with Crippen molar-refractivity contribution in [3.8, 4) is 0 Å². The van der Waals surface area contributed by atoms with Crippen molar-refractivity contribution in [1.29, 1.82) is 0 Å². The van der Waals surface area contributed by atoms with E-state index in [0.29, 0.717) is 15.7 Å². The SMILES string of the molecule is O=[N+]([O-])c1c(Cl)cc2c(no[n+]2[O-])c1Nc1cc(Cl)cc(Cl)c1. The molecule has 0 fully saturated rings. The lowest BCUT2D eigenvalue weighted by atomic mass is 10.2. The lowest BCUT2D eigenvalue weighted by Gasteiger charge is -2.08. The summed E-state index contributed by atoms with van der Waals surface area (Å²) in [4.78, 5) is 10.7. The van der Waals surface area contributed by atoms with Crippen molar-refractivity contribution in [2.75, 3.05) is 5.32 Å². The molecule has 1 heterocycles. The quantitative estimate of drug-likeness (QED) is 0.420. The Kier molecular flexibility index (Phi) is 3.88. The predicted molar refractivity (Wildman–Crippen MR) is 84.4 cm³/mol. The van der Waals surface area contributed by atoms with E-state index in [9.17, 15) is 15.3 Å². The van der Waals surface area contributed by atoms with Crippen LogP contribution in [0.25, 0.3) is 11.0 Å². The van der Waals surface area contributed by atoms with Gasteiger partial charge in [-0.15, -0.1) is 0 Å². The van der Waals surface area contributed by atoms with E-state index < -0.39 is 10.6 Å². The number of aromatic nitrogens is 2. The van der Waals surface area contributed by atoms with E-state index in [0.717, 1.165) is 6.07 Å². The van der Waals surface area contributed by atoms with Crippen LogP contribution < -0.4 is 10.2 Å². The minimum Gasteiger partial charge on any atom is -0.359 e. The number of nitrogens with one attached hydrogen (secondary N) is 1. The van der Waals surface area contributed by atoms with Gasteiger partial charge in [-0.05, 0) is 23.1 Å². The Morgan fingerprint density at radius 2 is 1.83 bits per heavy atom. The Balaban J connectivity index is 2.25. The lowest BCUT2D eigenvalue weighted by Crippen LogP contribution is -2.22. The zero-order chi connectivity index (χ0) is 16.7. The van der Waals surface area contributed by atoms with Crippen molar-refractivity contribution in [2.24, 2.45) is 0 Å². The summed E-state index contributed by atoms with van der Waals surface area (Å²) in [5.41, 5.74) is -0.309. The van der Waals surface area contributed by atoms with E-state index in [1.165, 1.54) is 18.2 Å². The second-order valence-corrected chi connectivity index (χ2v) is 5.70. The summed E-state index contributed by atoms with van der Waals surface area (Å²) in [6.07, 6.45) is 0. The van der Waals surface area contributed by atoms with Gasteiger partial charge in [0, 0.05) is 27.0 Å². The molecule has 8 nitrogen and oxygen atoms in total. The third-order valence-corrected chi connectivity index (χ3v) is 3.65. The van der Waals surface area contributed by atoms with Gasteiger partial charge in [0.1, 0.15) is 5.02 Å². The van der Waals surface area contributed by atoms with Crippen molar-refractivity contribution in [2.45, 2.75) is 0 Å². The number of nitro groups is 1. The number of hydrogen-bond acceptors (Lipinski definition) is 6. The molecule has 0 amide bonds. The fourth-order valence-corrected chi connectivity index (χ4v) is 2.83. The standard InChI is InChI=1S/C12H5Cl3N4O4/c13-5-1-6(14)3-7(2-5)16-11-10-9(19(22)23-17-10)4-8(15)12(11)18(20)21/h1-4,16H. The van der Waals surface area contributed by atoms with Crippen LogP contribution >= 0.6 is 34.8 Å². The van der Waals surface area contributed by atoms with Crippen LogP contribution in [0.15, 0.2) is 28.9 Å². The normalized spacial score (nSPS) is 10.9. The molecule has 3 rings (SSSR count). The molecule has 23 heavy (non-hydrogen) atoms. The first kappa shape index (κ1) is 15.6. The molecule has 0 saturated heterocycles. The molecule has 3 aromatic rings. The van der Waals surface area contributed by atoms with Gasteiger partial charge >= 0.3 is 5.69 Å². The zero-order valence-corrected chi connectivity index (χ0v) is 13.2. The Hall–Kier alpha value is -2.29. The molecule has 0 aliphatic rings. The second-order valence-electron chi connectivity index (χ2n) is 4.42. The zero-order valence-electron chi connectivity index (χ0n) is 10.9. The maximum Gasteiger partial charge on any atom is 0.316 e. The van der Waals surface area contributed by atoms with E-state index in [4.69, 9.17) is 34.8 Å². The van der Waals surface area contributed by atoms with Gasteiger partial charge in [-0.3, -0.25) is 14.7 Å². The minimum atomic E-state index is -0.694. The molecule has 2 aromatic carbocycles. The van der Waals surface area contributed by atoms with E-state index >= 15 is 0 Å². The Morgan fingerprint density at radius 1 is 1.17 bits per heavy atom. The van der Waals surface area contributed by atoms with Crippen LogP contribution in [0.4, 0.5) is 17.1 Å². The average molecular weight is 376 g/mol. The molecule has 1 aromatic heterocycles. The Bertz CT molecular complexity index is 923. The van der Waals surface area contributed by atoms with Gasteiger partial charge in [-0.25, -0.2) is 0 Å². The van der Waals surface area contributed by atoms with Crippen LogP contribution in [-0.4, -0.2) is 10.1 Å². The van der Waals surface area contributed by atoms with E-state index in [1.54, 1.807) is 0 Å². The third kappa shape index (κ3) is 2.83. The molecule has 0 atom stereocenters. The smallest absolute Gasteiger partial charge is 0.316 e. The topological polar surface area (TPSA) is 108 Å². The summed E-state index contributed by atoms with van der Waals surface area (Å²) >= 11 is 17.7. The van der Waals surface area contributed by atoms with Crippen LogP contribution in [0.1, 0.15) is 0 Å². The lowest BCUT2D eigenvalue weighted by molar-refractivity contribution is -0.782. The van der Waals surface area contributed by atoms with Crippen LogP contribution in [0.3, 0.4) is 0 Å². The van der Waals surface area contributed by atoms with Gasteiger partial charge in [-0.1, -0.05) is 34.8 Å². The number of nitrogens with zero attached hydrogens (tertiary/aromatic N) is 3. The maximum absolute atomic E-state index is 11.5. The number of nitro benzene ring substituents is 1. The molecule has 11 heteroatoms. The van der Waals surface area contributed by atoms with Gasteiger partial charge < -0.3 is 10.5 Å². The number of rotatable bonds is 3. The van der Waals surface area contributed by atoms with Gasteiger partial charge in [0.2, 0.25) is 5.52 Å². The Morgan fingerprint density at radius 3 is 2.43 bits per heavy atom. The molecule has 0 aliphatic carbocycles. The summed E-state index contributed by atoms with van der Waals surface area (Å²) in [5.74, 6) is 0. The van der Waals surface area contributed by atoms with Crippen LogP contribution in [0.2, 0.25) is 15.1 Å². The van der Waals surface area contributed by atoms with Crippen molar-refractivity contribution in [3.05, 3.63) is 54.7 Å². The highest BCUT2D eigenvalue weighted by molar-refractivity contribution is 6.35. The van der Waals surface area contributed by atoms with Crippen molar-refractivity contribution < 1.29 is 14.5 Å². The molecular formula is C12H5Cl3N4O4. The first-order chi connectivity index (χ1) is 10.9. The predicted octanol–water partition coefficient (Wildman–Crippen LogP) is 4.07. The average Bonchev–Trinajstić information content (AvgIpc) is 2.78. The van der Waals surface area contributed by atoms with Gasteiger partial charge in [-0.2, -0.15) is 0 Å². The van der Waals surface area contributed by atoms with E-state index in [1.807, 2.05) is 0 Å². The summed E-state index contributed by atoms with van der Waals surface area (Å²) in [5, 5.41) is 29.5. The summed E-state index contributed by atoms with van der Waals surface area (Å²) < 4.78 is 4.47. The van der Waals surface area contributed by atoms with Crippen molar-refractivity contribution >= 4 is 62.9 Å². The van der Waals surface area contributed by atoms with E-state index in [2.05, 4.69) is 15.1 Å². The highest BCUT2D eigenvalue weighted by Gasteiger charge is 2.29. The maximum atomic E-state index is 11.5. The van der Waals surface area contributed by atoms with Crippen LogP contribution in [-0.2, 0) is 0 Å². The highest BCUT2D eigenvalue weighted by atomic mass is 35.5. The fourth-order valence-electron chi connectivity index (χ4n) is 2.04. The molecular weight excluding hydrogens is 371 g/mol. The fraction of sp³-hybridized carbons (Fsp3) is 0. The molecule has 0 saturated carbocycles. The van der Waals surface area contributed by atoms with Crippen LogP contribution in [0, 0.1) is 15.3 Å². The van der Waals surface area contributed by atoms with Gasteiger partial charge in [0.25, 0.3) is 5.52 Å². The molecule has 118 valence electrons. The number of halogens is 3. The largest absolute Gasteiger partial charge is 0.359 e. The summed E-state index contributed by atoms with van der Waals surface area (Å²) in [6, 6.07) is 5.59. The molecule has 0 radical (unpaired) electrons. The van der Waals surface area contributed by atoms with Crippen LogP contribution in [0.5, 0.6) is 0 Å². The second kappa shape index (κ2) is 5.73. The first-order valence-electron chi connectivity index (χ1n) is 5.96. The molecule has 1 N–H and O–H groups in total. The Labute approximate surface area is 142 Å². The summed E-state index contributed by atoms with van der Waals surface area (Å²) in [7, 11) is 0. The monoisotopic (exact) mass is 374 g/mol. The number of fused-ring (bicyclic) bond motifs is 1. The van der Waals surface area contributed by atoms with Gasteiger partial charge in [0.15, 0.2) is 5.69 Å². The van der Waals surface area contributed by atoms with Crippen molar-refractivity contribution in [3.63, 3.8) is 0 Å².